The van der Waals surface area contributed by atoms with Crippen LogP contribution in [0.15, 0.2) is 73.2 Å². The van der Waals surface area contributed by atoms with Gasteiger partial charge in [0.25, 0.3) is 5.91 Å². The fraction of sp³-hybridized carbons (Fsp3) is 0.0476. The lowest BCUT2D eigenvalue weighted by Gasteiger charge is -2.09. The first-order valence-corrected chi connectivity index (χ1v) is 8.61. The van der Waals surface area contributed by atoms with Crippen LogP contribution in [0.2, 0.25) is 0 Å². The highest BCUT2D eigenvalue weighted by atomic mass is 16.5. The minimum atomic E-state index is -0.299. The van der Waals surface area contributed by atoms with E-state index in [0.717, 1.165) is 16.6 Å². The van der Waals surface area contributed by atoms with E-state index in [0.29, 0.717) is 22.9 Å². The van der Waals surface area contributed by atoms with Crippen molar-refractivity contribution < 1.29 is 9.53 Å². The van der Waals surface area contributed by atoms with Gasteiger partial charge in [0.05, 0.1) is 23.9 Å². The lowest BCUT2D eigenvalue weighted by atomic mass is 10.2. The molecule has 0 saturated heterocycles. The second-order valence-electron chi connectivity index (χ2n) is 5.99. The molecule has 0 saturated carbocycles. The third kappa shape index (κ3) is 3.73. The van der Waals surface area contributed by atoms with Crippen molar-refractivity contribution in [3.8, 4) is 5.75 Å². The Bertz CT molecular complexity index is 1120. The number of rotatable bonds is 5. The van der Waals surface area contributed by atoms with Crippen molar-refractivity contribution in [3.05, 3.63) is 78.8 Å². The molecule has 0 aliphatic heterocycles. The number of para-hydroxylation sites is 1. The Balaban J connectivity index is 1.49. The lowest BCUT2D eigenvalue weighted by Crippen LogP contribution is -2.13. The van der Waals surface area contributed by atoms with Crippen LogP contribution in [0, 0.1) is 0 Å². The molecular formula is C21H17N5O2. The summed E-state index contributed by atoms with van der Waals surface area (Å²) in [5.74, 6) is 0.750. The highest BCUT2D eigenvalue weighted by Crippen LogP contribution is 2.23. The molecular weight excluding hydrogens is 354 g/mol. The normalized spacial score (nSPS) is 10.5. The summed E-state index contributed by atoms with van der Waals surface area (Å²) in [4.78, 5) is 25.3. The summed E-state index contributed by atoms with van der Waals surface area (Å²) in [5, 5.41) is 6.96. The van der Waals surface area contributed by atoms with Crippen molar-refractivity contribution >= 4 is 34.1 Å². The summed E-state index contributed by atoms with van der Waals surface area (Å²) in [5.41, 5.74) is 2.61. The lowest BCUT2D eigenvalue weighted by molar-refractivity contribution is 0.102. The molecule has 0 aliphatic carbocycles. The number of hydrogen-bond acceptors (Lipinski definition) is 6. The number of hydrogen-bond donors (Lipinski definition) is 2. The molecule has 7 nitrogen and oxygen atoms in total. The number of nitrogens with zero attached hydrogens (tertiary/aromatic N) is 3. The highest BCUT2D eigenvalue weighted by molar-refractivity contribution is 6.04. The Labute approximate surface area is 161 Å². The molecule has 0 spiro atoms. The van der Waals surface area contributed by atoms with Gasteiger partial charge in [0.2, 0.25) is 5.95 Å². The number of anilines is 3. The summed E-state index contributed by atoms with van der Waals surface area (Å²) >= 11 is 0. The average molecular weight is 371 g/mol. The van der Waals surface area contributed by atoms with Crippen molar-refractivity contribution in [1.82, 2.24) is 15.0 Å². The zero-order chi connectivity index (χ0) is 19.3. The molecule has 28 heavy (non-hydrogen) atoms. The molecule has 2 N–H and O–H groups in total. The topological polar surface area (TPSA) is 89.0 Å². The van der Waals surface area contributed by atoms with E-state index < -0.39 is 0 Å². The van der Waals surface area contributed by atoms with Gasteiger partial charge in [-0.2, -0.15) is 0 Å². The van der Waals surface area contributed by atoms with Crippen molar-refractivity contribution in [2.75, 3.05) is 17.7 Å². The van der Waals surface area contributed by atoms with Gasteiger partial charge >= 0.3 is 0 Å². The number of pyridine rings is 1. The highest BCUT2D eigenvalue weighted by Gasteiger charge is 2.09. The zero-order valence-electron chi connectivity index (χ0n) is 15.1. The van der Waals surface area contributed by atoms with E-state index in [1.165, 1.54) is 12.4 Å². The number of fused-ring (bicyclic) bond motifs is 1. The molecule has 4 rings (SSSR count). The zero-order valence-corrected chi connectivity index (χ0v) is 15.1. The first-order chi connectivity index (χ1) is 13.7. The van der Waals surface area contributed by atoms with Gasteiger partial charge in [-0.05, 0) is 24.3 Å². The van der Waals surface area contributed by atoms with E-state index in [9.17, 15) is 4.79 Å². The Kier molecular flexibility index (Phi) is 4.79. The molecule has 0 aliphatic rings. The van der Waals surface area contributed by atoms with Gasteiger partial charge in [0, 0.05) is 35.7 Å². The number of aromatic nitrogens is 3. The summed E-state index contributed by atoms with van der Waals surface area (Å²) in [6, 6.07) is 16.8. The minimum absolute atomic E-state index is 0.299. The van der Waals surface area contributed by atoms with E-state index in [4.69, 9.17) is 4.74 Å². The summed E-state index contributed by atoms with van der Waals surface area (Å²) in [6.07, 6.45) is 4.69. The van der Waals surface area contributed by atoms with Gasteiger partial charge in [-0.25, -0.2) is 9.97 Å². The number of nitrogens with one attached hydrogen (secondary N) is 2. The maximum atomic E-state index is 12.4. The molecule has 2 aromatic heterocycles. The van der Waals surface area contributed by atoms with Crippen LogP contribution in [0.5, 0.6) is 5.75 Å². The maximum Gasteiger partial charge on any atom is 0.258 e. The smallest absolute Gasteiger partial charge is 0.258 e. The number of methoxy groups -OCH3 is 1. The molecule has 138 valence electrons. The molecule has 0 bridgehead atoms. The molecule has 7 heteroatoms. The second-order valence-corrected chi connectivity index (χ2v) is 5.99. The third-order valence-electron chi connectivity index (χ3n) is 4.12. The van der Waals surface area contributed by atoms with Crippen LogP contribution in [0.3, 0.4) is 0 Å². The van der Waals surface area contributed by atoms with Crippen molar-refractivity contribution in [2.24, 2.45) is 0 Å². The van der Waals surface area contributed by atoms with E-state index in [1.807, 2.05) is 30.3 Å². The quantitative estimate of drug-likeness (QED) is 0.551. The Hall–Kier alpha value is -4.00. The predicted molar refractivity (Wildman–Crippen MR) is 108 cm³/mol. The molecule has 2 aromatic carbocycles. The monoisotopic (exact) mass is 371 g/mol. The minimum Gasteiger partial charge on any atom is -0.497 e. The van der Waals surface area contributed by atoms with Gasteiger partial charge in [-0.1, -0.05) is 24.3 Å². The molecule has 4 aromatic rings. The van der Waals surface area contributed by atoms with Gasteiger partial charge in [0.15, 0.2) is 0 Å². The van der Waals surface area contributed by atoms with Crippen LogP contribution < -0.4 is 15.4 Å². The van der Waals surface area contributed by atoms with E-state index in [1.54, 1.807) is 37.6 Å². The number of carbonyl (C=O) groups is 1. The van der Waals surface area contributed by atoms with Crippen LogP contribution in [-0.4, -0.2) is 28.0 Å². The average Bonchev–Trinajstić information content (AvgIpc) is 2.74. The fourth-order valence-electron chi connectivity index (χ4n) is 2.74. The van der Waals surface area contributed by atoms with Gasteiger partial charge < -0.3 is 15.4 Å². The van der Waals surface area contributed by atoms with Crippen LogP contribution >= 0.6 is 0 Å². The van der Waals surface area contributed by atoms with Crippen molar-refractivity contribution in [2.45, 2.75) is 0 Å². The largest absolute Gasteiger partial charge is 0.497 e. The molecule has 0 atom stereocenters. The molecule has 1 amide bonds. The molecule has 0 unspecified atom stereocenters. The molecule has 0 fully saturated rings. The van der Waals surface area contributed by atoms with Crippen molar-refractivity contribution in [1.29, 1.82) is 0 Å². The fourth-order valence-corrected chi connectivity index (χ4v) is 2.74. The maximum absolute atomic E-state index is 12.4. The number of benzene rings is 2. The number of carbonyl (C=O) groups excluding carboxylic acids is 1. The summed E-state index contributed by atoms with van der Waals surface area (Å²) in [6.45, 7) is 0. The SMILES string of the molecule is COc1cccc(NC(=O)c2cnc(Nc3cccc4cccnc34)nc2)c1. The first kappa shape index (κ1) is 17.4. The van der Waals surface area contributed by atoms with Gasteiger partial charge in [-0.15, -0.1) is 0 Å². The van der Waals surface area contributed by atoms with Gasteiger partial charge in [-0.3, -0.25) is 9.78 Å². The summed E-state index contributed by atoms with van der Waals surface area (Å²) in [7, 11) is 1.58. The van der Waals surface area contributed by atoms with E-state index >= 15 is 0 Å². The van der Waals surface area contributed by atoms with Crippen LogP contribution in [0.1, 0.15) is 10.4 Å². The van der Waals surface area contributed by atoms with Crippen LogP contribution in [0.25, 0.3) is 10.9 Å². The summed E-state index contributed by atoms with van der Waals surface area (Å²) < 4.78 is 5.16. The standard InChI is InChI=1S/C21H17N5O2/c1-28-17-8-3-7-16(11-17)25-20(27)15-12-23-21(24-13-15)26-18-9-2-5-14-6-4-10-22-19(14)18/h2-13H,1H3,(H,25,27)(H,23,24,26). The van der Waals surface area contributed by atoms with Crippen molar-refractivity contribution in [3.63, 3.8) is 0 Å². The number of amides is 1. The van der Waals surface area contributed by atoms with Crippen LogP contribution in [0.4, 0.5) is 17.3 Å². The molecule has 0 radical (unpaired) electrons. The Morgan fingerprint density at radius 2 is 1.75 bits per heavy atom. The second kappa shape index (κ2) is 7.71. The third-order valence-corrected chi connectivity index (χ3v) is 4.12. The van der Waals surface area contributed by atoms with E-state index in [2.05, 4.69) is 25.6 Å². The Morgan fingerprint density at radius 3 is 2.57 bits per heavy atom. The Morgan fingerprint density at radius 1 is 0.964 bits per heavy atom. The van der Waals surface area contributed by atoms with Gasteiger partial charge in [0.1, 0.15) is 5.75 Å². The molecule has 2 heterocycles. The number of ether oxygens (including phenoxy) is 1. The first-order valence-electron chi connectivity index (χ1n) is 8.61. The predicted octanol–water partition coefficient (Wildman–Crippen LogP) is 4.03. The van der Waals surface area contributed by atoms with E-state index in [-0.39, 0.29) is 5.91 Å². The van der Waals surface area contributed by atoms with Crippen LogP contribution in [-0.2, 0) is 0 Å².